The maximum atomic E-state index is 5.68. The maximum Gasteiger partial charge on any atom is 0.147 e. The van der Waals surface area contributed by atoms with Crippen LogP contribution in [0.3, 0.4) is 0 Å². The second-order valence-corrected chi connectivity index (χ2v) is 16.2. The van der Waals surface area contributed by atoms with Crippen LogP contribution in [0.1, 0.15) is 0 Å². The molecule has 3 aliphatic rings. The van der Waals surface area contributed by atoms with Crippen molar-refractivity contribution in [3.8, 4) is 0 Å². The predicted octanol–water partition coefficient (Wildman–Crippen LogP) is 5.76. The highest BCUT2D eigenvalue weighted by Gasteiger charge is 2.18. The van der Waals surface area contributed by atoms with Gasteiger partial charge in [0.2, 0.25) is 0 Å². The van der Waals surface area contributed by atoms with Crippen LogP contribution in [-0.2, 0) is 14.2 Å². The van der Waals surface area contributed by atoms with Crippen molar-refractivity contribution in [2.75, 3.05) is 78.9 Å². The Bertz CT molecular complexity index is 781. The first-order valence-corrected chi connectivity index (χ1v) is 19.0. The van der Waals surface area contributed by atoms with Gasteiger partial charge in [-0.25, -0.2) is 0 Å². The number of hydrogen-bond acceptors (Lipinski definition) is 12. The Morgan fingerprint density at radius 1 is 0.500 bits per heavy atom. The smallest absolute Gasteiger partial charge is 0.147 e. The fourth-order valence-electron chi connectivity index (χ4n) is 3.34. The minimum absolute atomic E-state index is 0.735. The molecule has 0 aromatic heterocycles. The van der Waals surface area contributed by atoms with Crippen LogP contribution in [0.5, 0.6) is 0 Å². The minimum atomic E-state index is 0.735. The molecule has 0 N–H and O–H groups in total. The number of rotatable bonds is 6. The van der Waals surface area contributed by atoms with E-state index in [2.05, 4.69) is 32.9 Å². The van der Waals surface area contributed by atoms with E-state index in [4.69, 9.17) is 50.9 Å². The summed E-state index contributed by atoms with van der Waals surface area (Å²) in [7, 11) is 10.0. The van der Waals surface area contributed by atoms with Crippen LogP contribution in [-0.4, -0.2) is 107 Å². The van der Waals surface area contributed by atoms with E-state index in [1.165, 1.54) is 14.7 Å². The average Bonchev–Trinajstić information content (AvgIpc) is 2.94. The van der Waals surface area contributed by atoms with Gasteiger partial charge in [-0.05, 0) is 50.6 Å². The predicted molar refractivity (Wildman–Crippen MR) is 172 cm³/mol. The molecular weight excluding hydrogens is 631 g/mol. The first-order valence-electron chi connectivity index (χ1n) is 11.4. The summed E-state index contributed by atoms with van der Waals surface area (Å²) in [5, 5.41) is 0. The monoisotopic (exact) mass is 657 g/mol. The number of nitrogens with zero attached hydrogens (tertiary/aromatic N) is 3. The Kier molecular flexibility index (Phi) is 13.4. The van der Waals surface area contributed by atoms with Crippen molar-refractivity contribution >= 4 is 114 Å². The highest BCUT2D eigenvalue weighted by Crippen LogP contribution is 2.43. The van der Waals surface area contributed by atoms with E-state index in [1.54, 1.807) is 64.8 Å². The Labute approximate surface area is 253 Å². The molecule has 198 valence electrons. The number of morpholine rings is 3. The van der Waals surface area contributed by atoms with Crippen LogP contribution in [0.4, 0.5) is 0 Å². The molecular formula is C21H27N3O3S9. The van der Waals surface area contributed by atoms with E-state index in [0.29, 0.717) is 0 Å². The normalized spacial score (nSPS) is 18.8. The summed E-state index contributed by atoms with van der Waals surface area (Å²) >= 11 is 17.0. The summed E-state index contributed by atoms with van der Waals surface area (Å²) in [5.41, 5.74) is 0. The molecule has 0 unspecified atom stereocenters. The molecule has 0 amide bonds. The molecule has 0 spiro atoms. The van der Waals surface area contributed by atoms with Gasteiger partial charge in [-0.1, -0.05) is 69.0 Å². The van der Waals surface area contributed by atoms with Crippen molar-refractivity contribution in [1.82, 2.24) is 14.7 Å². The maximum absolute atomic E-state index is 5.68. The Hall–Kier alpha value is 0.870. The summed E-state index contributed by atoms with van der Waals surface area (Å²) in [4.78, 5) is 10.2. The molecule has 3 fully saturated rings. The van der Waals surface area contributed by atoms with E-state index in [9.17, 15) is 0 Å². The van der Waals surface area contributed by atoms with Crippen LogP contribution in [0.2, 0.25) is 0 Å². The molecule has 36 heavy (non-hydrogen) atoms. The fourth-order valence-corrected chi connectivity index (χ4v) is 10.8. The number of hydrogen-bond donors (Lipinski definition) is 0. The fraction of sp³-hybridized carbons (Fsp3) is 0.571. The van der Waals surface area contributed by atoms with Gasteiger partial charge in [0.15, 0.2) is 0 Å². The van der Waals surface area contributed by atoms with Crippen LogP contribution >= 0.6 is 101 Å². The third kappa shape index (κ3) is 9.81. The van der Waals surface area contributed by atoms with Gasteiger partial charge in [-0.3, -0.25) is 0 Å². The summed E-state index contributed by atoms with van der Waals surface area (Å²) in [6, 6.07) is 6.65. The van der Waals surface area contributed by atoms with Gasteiger partial charge in [0.1, 0.15) is 13.0 Å². The number of thiocarbonyl (C=S) groups is 3. The van der Waals surface area contributed by atoms with Crippen molar-refractivity contribution in [2.24, 2.45) is 0 Å². The summed E-state index contributed by atoms with van der Waals surface area (Å²) < 4.78 is 19.1. The largest absolute Gasteiger partial charge is 0.378 e. The van der Waals surface area contributed by atoms with E-state index in [1.807, 2.05) is 0 Å². The highest BCUT2D eigenvalue weighted by molar-refractivity contribution is 8.84. The topological polar surface area (TPSA) is 37.4 Å². The van der Waals surface area contributed by atoms with E-state index in [-0.39, 0.29) is 0 Å². The van der Waals surface area contributed by atoms with Gasteiger partial charge in [0.25, 0.3) is 0 Å². The van der Waals surface area contributed by atoms with Crippen LogP contribution < -0.4 is 0 Å². The molecule has 3 saturated heterocycles. The molecule has 1 aromatic rings. The molecule has 0 radical (unpaired) electrons. The lowest BCUT2D eigenvalue weighted by molar-refractivity contribution is 0.0702. The molecule has 0 aliphatic carbocycles. The van der Waals surface area contributed by atoms with Gasteiger partial charge in [-0.2, -0.15) is 0 Å². The van der Waals surface area contributed by atoms with Crippen LogP contribution in [0.25, 0.3) is 0 Å². The van der Waals surface area contributed by atoms with Crippen LogP contribution in [0.15, 0.2) is 32.9 Å². The van der Waals surface area contributed by atoms with Crippen molar-refractivity contribution in [3.05, 3.63) is 18.2 Å². The third-order valence-electron chi connectivity index (χ3n) is 5.29. The SMILES string of the molecule is S=C(SSc1cc(SSC(=S)N2CCOCC2)cc(SSC(=S)N2CCOCC2)c1)N1CCOCC1. The van der Waals surface area contributed by atoms with Crippen LogP contribution in [0, 0.1) is 0 Å². The number of benzene rings is 1. The second-order valence-electron chi connectivity index (χ2n) is 7.74. The molecule has 3 aliphatic heterocycles. The molecule has 0 atom stereocenters. The average molecular weight is 658 g/mol. The third-order valence-corrected chi connectivity index (χ3v) is 14.4. The standard InChI is InChI=1S/C21H27N3O3S9/c28-19(22-1-7-25-8-2-22)34-31-16-13-17(32-35-20(29)23-3-9-26-10-4-23)15-18(14-16)33-36-21(30)24-5-11-27-12-6-24/h13-15H,1-12H2. The second kappa shape index (κ2) is 16.2. The van der Waals surface area contributed by atoms with E-state index >= 15 is 0 Å². The van der Waals surface area contributed by atoms with E-state index in [0.717, 1.165) is 91.9 Å². The molecule has 4 rings (SSSR count). The lowest BCUT2D eigenvalue weighted by Crippen LogP contribution is -2.38. The van der Waals surface area contributed by atoms with Crippen molar-refractivity contribution < 1.29 is 14.2 Å². The first kappa shape index (κ1) is 29.8. The lowest BCUT2D eigenvalue weighted by atomic mass is 10.4. The molecule has 6 nitrogen and oxygen atoms in total. The Morgan fingerprint density at radius 2 is 0.750 bits per heavy atom. The lowest BCUT2D eigenvalue weighted by Gasteiger charge is -2.28. The molecule has 0 saturated carbocycles. The zero-order valence-electron chi connectivity index (χ0n) is 19.5. The van der Waals surface area contributed by atoms with E-state index < -0.39 is 0 Å². The van der Waals surface area contributed by atoms with Crippen molar-refractivity contribution in [3.63, 3.8) is 0 Å². The van der Waals surface area contributed by atoms with Gasteiger partial charge >= 0.3 is 0 Å². The highest BCUT2D eigenvalue weighted by atomic mass is 33.1. The summed E-state index contributed by atoms with van der Waals surface area (Å²) in [6.45, 7) is 9.54. The summed E-state index contributed by atoms with van der Waals surface area (Å²) in [5.74, 6) is 0. The van der Waals surface area contributed by atoms with Crippen molar-refractivity contribution in [2.45, 2.75) is 14.7 Å². The quantitative estimate of drug-likeness (QED) is 0.275. The summed E-state index contributed by atoms with van der Waals surface area (Å²) in [6.07, 6.45) is 0. The van der Waals surface area contributed by atoms with Crippen molar-refractivity contribution in [1.29, 1.82) is 0 Å². The van der Waals surface area contributed by atoms with Gasteiger partial charge in [0, 0.05) is 54.0 Å². The zero-order valence-corrected chi connectivity index (χ0v) is 26.8. The molecule has 3 heterocycles. The zero-order chi connectivity index (χ0) is 25.2. The minimum Gasteiger partial charge on any atom is -0.378 e. The molecule has 15 heteroatoms. The Morgan fingerprint density at radius 3 is 1.00 bits per heavy atom. The Balaban J connectivity index is 1.38. The molecule has 0 bridgehead atoms. The number of ether oxygens (including phenoxy) is 3. The molecule has 1 aromatic carbocycles. The first-order chi connectivity index (χ1) is 17.6. The van der Waals surface area contributed by atoms with Gasteiger partial charge < -0.3 is 28.9 Å². The van der Waals surface area contributed by atoms with Gasteiger partial charge in [-0.15, -0.1) is 0 Å². The van der Waals surface area contributed by atoms with Gasteiger partial charge in [0.05, 0.1) is 39.6 Å².